The van der Waals surface area contributed by atoms with Crippen LogP contribution in [0.5, 0.6) is 0 Å². The molecule has 0 radical (unpaired) electrons. The third kappa shape index (κ3) is 8.46. The molecule has 1 aromatic carbocycles. The van der Waals surface area contributed by atoms with Gasteiger partial charge in [-0.1, -0.05) is 50.5 Å². The molecule has 1 aromatic rings. The SMILES string of the molecule is CCCCCC(O)c1ccc(N2CCC(=O)[C@@H]2C/C=C\CCCC(=O)OCCO)cc1. The first kappa shape index (κ1) is 25.1. The summed E-state index contributed by atoms with van der Waals surface area (Å²) in [5.41, 5.74) is 1.94. The number of hydrogen-bond acceptors (Lipinski definition) is 6. The van der Waals surface area contributed by atoms with Crippen LogP contribution in [0.15, 0.2) is 36.4 Å². The van der Waals surface area contributed by atoms with E-state index in [9.17, 15) is 14.7 Å². The van der Waals surface area contributed by atoms with Crippen molar-refractivity contribution in [3.63, 3.8) is 0 Å². The first-order valence-electron chi connectivity index (χ1n) is 11.6. The molecule has 172 valence electrons. The molecule has 0 aromatic heterocycles. The van der Waals surface area contributed by atoms with E-state index < -0.39 is 6.10 Å². The zero-order valence-corrected chi connectivity index (χ0v) is 18.7. The molecule has 2 atom stereocenters. The zero-order chi connectivity index (χ0) is 22.5. The van der Waals surface area contributed by atoms with E-state index in [1.54, 1.807) is 0 Å². The summed E-state index contributed by atoms with van der Waals surface area (Å²) in [6, 6.07) is 7.79. The van der Waals surface area contributed by atoms with Crippen LogP contribution in [0.4, 0.5) is 5.69 Å². The number of carbonyl (C=O) groups is 2. The molecule has 0 amide bonds. The third-order valence-electron chi connectivity index (χ3n) is 5.67. The fraction of sp³-hybridized carbons (Fsp3) is 0.600. The molecule has 1 unspecified atom stereocenters. The molecule has 2 rings (SSSR count). The van der Waals surface area contributed by atoms with E-state index in [-0.39, 0.29) is 31.0 Å². The molecule has 1 fully saturated rings. The summed E-state index contributed by atoms with van der Waals surface area (Å²) < 4.78 is 4.82. The number of carbonyl (C=O) groups excluding carboxylic acids is 2. The topological polar surface area (TPSA) is 87.1 Å². The van der Waals surface area contributed by atoms with Crippen molar-refractivity contribution in [2.45, 2.75) is 76.9 Å². The average molecular weight is 432 g/mol. The molecule has 1 aliphatic heterocycles. The Morgan fingerprint density at radius 3 is 2.71 bits per heavy atom. The van der Waals surface area contributed by atoms with Crippen molar-refractivity contribution in [3.8, 4) is 0 Å². The molecule has 6 heteroatoms. The number of anilines is 1. The third-order valence-corrected chi connectivity index (χ3v) is 5.67. The van der Waals surface area contributed by atoms with Gasteiger partial charge >= 0.3 is 5.97 Å². The fourth-order valence-corrected chi connectivity index (χ4v) is 3.88. The molecule has 0 aliphatic carbocycles. The molecule has 0 saturated carbocycles. The number of Topliss-reactive ketones (excluding diaryl/α,β-unsaturated/α-hetero) is 1. The molecular weight excluding hydrogens is 394 g/mol. The van der Waals surface area contributed by atoms with Gasteiger partial charge in [-0.15, -0.1) is 0 Å². The summed E-state index contributed by atoms with van der Waals surface area (Å²) in [5, 5.41) is 19.0. The number of rotatable bonds is 14. The summed E-state index contributed by atoms with van der Waals surface area (Å²) in [7, 11) is 0. The second-order valence-corrected chi connectivity index (χ2v) is 8.07. The lowest BCUT2D eigenvalue weighted by atomic mass is 10.0. The first-order valence-corrected chi connectivity index (χ1v) is 11.6. The lowest BCUT2D eigenvalue weighted by Gasteiger charge is -2.25. The van der Waals surface area contributed by atoms with E-state index in [0.717, 1.165) is 43.4 Å². The Balaban J connectivity index is 1.82. The monoisotopic (exact) mass is 431 g/mol. The van der Waals surface area contributed by atoms with E-state index in [0.29, 0.717) is 32.2 Å². The number of aliphatic hydroxyl groups is 2. The smallest absolute Gasteiger partial charge is 0.305 e. The van der Waals surface area contributed by atoms with Crippen LogP contribution in [0.1, 0.15) is 76.4 Å². The minimum Gasteiger partial charge on any atom is -0.463 e. The molecule has 1 aliphatic rings. The maximum atomic E-state index is 12.4. The minimum absolute atomic E-state index is 0.0487. The van der Waals surface area contributed by atoms with Crippen LogP contribution in [-0.2, 0) is 14.3 Å². The summed E-state index contributed by atoms with van der Waals surface area (Å²) in [5.74, 6) is -0.0422. The van der Waals surface area contributed by atoms with Gasteiger partial charge in [0.2, 0.25) is 0 Å². The van der Waals surface area contributed by atoms with Gasteiger partial charge in [0, 0.05) is 25.1 Å². The summed E-state index contributed by atoms with van der Waals surface area (Å²) in [6.45, 7) is 2.76. The molecule has 0 spiro atoms. The van der Waals surface area contributed by atoms with E-state index in [4.69, 9.17) is 9.84 Å². The Morgan fingerprint density at radius 1 is 1.23 bits per heavy atom. The number of ketones is 1. The van der Waals surface area contributed by atoms with E-state index in [1.165, 1.54) is 0 Å². The lowest BCUT2D eigenvalue weighted by molar-refractivity contribution is -0.144. The van der Waals surface area contributed by atoms with Crippen molar-refractivity contribution in [2.24, 2.45) is 0 Å². The fourth-order valence-electron chi connectivity index (χ4n) is 3.88. The molecule has 0 bridgehead atoms. The van der Waals surface area contributed by atoms with Crippen LogP contribution in [0.25, 0.3) is 0 Å². The molecule has 31 heavy (non-hydrogen) atoms. The average Bonchev–Trinajstić information content (AvgIpc) is 3.15. The van der Waals surface area contributed by atoms with Crippen LogP contribution < -0.4 is 4.90 Å². The Morgan fingerprint density at radius 2 is 2.00 bits per heavy atom. The number of ether oxygens (including phenoxy) is 1. The molecule has 1 saturated heterocycles. The number of aliphatic hydroxyl groups excluding tert-OH is 2. The van der Waals surface area contributed by atoms with Gasteiger partial charge in [0.05, 0.1) is 18.8 Å². The number of benzene rings is 1. The van der Waals surface area contributed by atoms with Crippen LogP contribution in [-0.4, -0.2) is 47.8 Å². The second-order valence-electron chi connectivity index (χ2n) is 8.07. The van der Waals surface area contributed by atoms with Crippen LogP contribution in [0.3, 0.4) is 0 Å². The number of unbranched alkanes of at least 4 members (excludes halogenated alkanes) is 3. The van der Waals surface area contributed by atoms with Gasteiger partial charge in [-0.3, -0.25) is 9.59 Å². The van der Waals surface area contributed by atoms with Crippen molar-refractivity contribution >= 4 is 17.4 Å². The van der Waals surface area contributed by atoms with E-state index in [1.807, 2.05) is 36.4 Å². The highest BCUT2D eigenvalue weighted by atomic mass is 16.5. The van der Waals surface area contributed by atoms with Crippen molar-refractivity contribution < 1.29 is 24.5 Å². The molecule has 1 heterocycles. The summed E-state index contributed by atoms with van der Waals surface area (Å²) in [6.07, 6.45) is 10.6. The first-order chi connectivity index (χ1) is 15.1. The van der Waals surface area contributed by atoms with Gasteiger partial charge in [0.1, 0.15) is 6.61 Å². The second kappa shape index (κ2) is 14.0. The highest BCUT2D eigenvalue weighted by molar-refractivity contribution is 5.91. The van der Waals surface area contributed by atoms with Crippen LogP contribution in [0.2, 0.25) is 0 Å². The van der Waals surface area contributed by atoms with Crippen LogP contribution in [0, 0.1) is 0 Å². The Labute approximate surface area is 185 Å². The molecule has 2 N–H and O–H groups in total. The highest BCUT2D eigenvalue weighted by Gasteiger charge is 2.31. The maximum Gasteiger partial charge on any atom is 0.305 e. The Kier molecular flexibility index (Phi) is 11.3. The largest absolute Gasteiger partial charge is 0.463 e. The summed E-state index contributed by atoms with van der Waals surface area (Å²) in [4.78, 5) is 25.9. The minimum atomic E-state index is -0.430. The van der Waals surface area contributed by atoms with Gasteiger partial charge in [0.15, 0.2) is 5.78 Å². The highest BCUT2D eigenvalue weighted by Crippen LogP contribution is 2.28. The number of esters is 1. The number of hydrogen-bond donors (Lipinski definition) is 2. The van der Waals surface area contributed by atoms with Gasteiger partial charge < -0.3 is 19.8 Å². The number of allylic oxidation sites excluding steroid dienone is 1. The molecule has 6 nitrogen and oxygen atoms in total. The van der Waals surface area contributed by atoms with E-state index >= 15 is 0 Å². The molecular formula is C25H37NO5. The van der Waals surface area contributed by atoms with Crippen molar-refractivity contribution in [3.05, 3.63) is 42.0 Å². The normalized spacial score (nSPS) is 17.5. The van der Waals surface area contributed by atoms with Crippen molar-refractivity contribution in [1.82, 2.24) is 0 Å². The predicted molar refractivity (Wildman–Crippen MR) is 122 cm³/mol. The van der Waals surface area contributed by atoms with Gasteiger partial charge in [-0.05, 0) is 43.4 Å². The predicted octanol–water partition coefficient (Wildman–Crippen LogP) is 4.10. The quantitative estimate of drug-likeness (QED) is 0.262. The zero-order valence-electron chi connectivity index (χ0n) is 18.7. The Hall–Kier alpha value is -2.18. The summed E-state index contributed by atoms with van der Waals surface area (Å²) >= 11 is 0. The maximum absolute atomic E-state index is 12.4. The van der Waals surface area contributed by atoms with Gasteiger partial charge in [-0.25, -0.2) is 0 Å². The van der Waals surface area contributed by atoms with E-state index in [2.05, 4.69) is 11.8 Å². The Bertz CT molecular complexity index is 700. The van der Waals surface area contributed by atoms with Crippen LogP contribution >= 0.6 is 0 Å². The van der Waals surface area contributed by atoms with Gasteiger partial charge in [-0.2, -0.15) is 0 Å². The van der Waals surface area contributed by atoms with Gasteiger partial charge in [0.25, 0.3) is 0 Å². The van der Waals surface area contributed by atoms with Crippen molar-refractivity contribution in [2.75, 3.05) is 24.7 Å². The standard InChI is InChI=1S/C25H37NO5/c1-2-3-6-10-23(28)20-12-14-21(15-13-20)26-17-16-24(29)22(26)9-7-4-5-8-11-25(30)31-19-18-27/h4,7,12-15,22-23,27-28H,2-3,5-6,8-11,16-19H2,1H3/b7-4-/t22-,23?/m0/s1. The lowest BCUT2D eigenvalue weighted by Crippen LogP contribution is -2.32. The van der Waals surface area contributed by atoms with Crippen molar-refractivity contribution in [1.29, 1.82) is 0 Å². The number of nitrogens with zero attached hydrogens (tertiary/aromatic N) is 1.